The molecule has 25 heavy (non-hydrogen) atoms. The normalized spacial score (nSPS) is 27.3. The van der Waals surface area contributed by atoms with E-state index in [0.717, 1.165) is 25.3 Å². The minimum atomic E-state index is 0.0125. The summed E-state index contributed by atoms with van der Waals surface area (Å²) in [5.41, 5.74) is 2.98. The third kappa shape index (κ3) is 3.73. The van der Waals surface area contributed by atoms with E-state index in [1.807, 2.05) is 0 Å². The number of hydrogen-bond donors (Lipinski definition) is 2. The van der Waals surface area contributed by atoms with Crippen LogP contribution in [-0.4, -0.2) is 24.4 Å². The molecule has 1 aromatic rings. The molecule has 0 spiro atoms. The first-order valence-corrected chi connectivity index (χ1v) is 9.86. The fourth-order valence-electron chi connectivity index (χ4n) is 4.90. The van der Waals surface area contributed by atoms with Gasteiger partial charge in [-0.1, -0.05) is 37.1 Å². The van der Waals surface area contributed by atoms with Crippen LogP contribution in [0.25, 0.3) is 0 Å². The van der Waals surface area contributed by atoms with Crippen LogP contribution in [0.4, 0.5) is 0 Å². The number of amides is 2. The van der Waals surface area contributed by atoms with Crippen molar-refractivity contribution in [1.82, 2.24) is 10.6 Å². The van der Waals surface area contributed by atoms with Gasteiger partial charge in [0.15, 0.2) is 0 Å². The molecule has 3 aliphatic carbocycles. The number of rotatable bonds is 6. The fourth-order valence-corrected chi connectivity index (χ4v) is 4.90. The van der Waals surface area contributed by atoms with E-state index in [0.29, 0.717) is 30.7 Å². The summed E-state index contributed by atoms with van der Waals surface area (Å²) in [7, 11) is 0. The number of carbonyl (C=O) groups is 2. The lowest BCUT2D eigenvalue weighted by atomic mass is 9.92. The lowest BCUT2D eigenvalue weighted by Gasteiger charge is -2.13. The Kier molecular flexibility index (Phi) is 4.78. The molecule has 0 saturated heterocycles. The third-order valence-corrected chi connectivity index (χ3v) is 6.33. The molecule has 3 aliphatic rings. The van der Waals surface area contributed by atoms with Gasteiger partial charge in [0.25, 0.3) is 0 Å². The van der Waals surface area contributed by atoms with Gasteiger partial charge in [0.05, 0.1) is 0 Å². The van der Waals surface area contributed by atoms with Crippen molar-refractivity contribution >= 4 is 11.8 Å². The van der Waals surface area contributed by atoms with Crippen LogP contribution in [-0.2, 0) is 16.0 Å². The smallest absolute Gasteiger partial charge is 0.220 e. The summed E-state index contributed by atoms with van der Waals surface area (Å²) < 4.78 is 0. The Morgan fingerprint density at radius 1 is 1.00 bits per heavy atom. The van der Waals surface area contributed by atoms with Crippen LogP contribution in [0.15, 0.2) is 24.3 Å². The zero-order valence-corrected chi connectivity index (χ0v) is 14.8. The fraction of sp³-hybridized carbons (Fsp3) is 0.619. The summed E-state index contributed by atoms with van der Waals surface area (Å²) in [5, 5.41) is 6.11. The van der Waals surface area contributed by atoms with Gasteiger partial charge in [0.1, 0.15) is 0 Å². The van der Waals surface area contributed by atoms with Gasteiger partial charge in [0.2, 0.25) is 11.8 Å². The Morgan fingerprint density at radius 3 is 2.60 bits per heavy atom. The average Bonchev–Trinajstić information content (AvgIpc) is 3.11. The highest BCUT2D eigenvalue weighted by Gasteiger charge is 2.52. The Balaban J connectivity index is 1.18. The van der Waals surface area contributed by atoms with Crippen molar-refractivity contribution in [3.63, 3.8) is 0 Å². The Hall–Kier alpha value is -1.84. The lowest BCUT2D eigenvalue weighted by Crippen LogP contribution is -2.34. The van der Waals surface area contributed by atoms with E-state index >= 15 is 0 Å². The highest BCUT2D eigenvalue weighted by Crippen LogP contribution is 2.59. The molecule has 2 amide bonds. The van der Waals surface area contributed by atoms with Crippen molar-refractivity contribution in [2.45, 2.75) is 63.3 Å². The Labute approximate surface area is 149 Å². The van der Waals surface area contributed by atoms with E-state index in [2.05, 4.69) is 34.9 Å². The van der Waals surface area contributed by atoms with Crippen LogP contribution in [0.2, 0.25) is 0 Å². The summed E-state index contributed by atoms with van der Waals surface area (Å²) in [5.74, 6) is 1.99. The topological polar surface area (TPSA) is 58.2 Å². The minimum absolute atomic E-state index is 0.0125. The van der Waals surface area contributed by atoms with E-state index in [-0.39, 0.29) is 11.8 Å². The second-order valence-corrected chi connectivity index (χ2v) is 7.94. The number of carbonyl (C=O) groups excluding carboxylic acids is 2. The highest BCUT2D eigenvalue weighted by atomic mass is 16.2. The molecule has 0 aromatic heterocycles. The number of fused-ring (bicyclic) bond motifs is 3. The first-order valence-electron chi connectivity index (χ1n) is 9.86. The first kappa shape index (κ1) is 16.6. The van der Waals surface area contributed by atoms with E-state index in [1.165, 1.54) is 36.8 Å². The van der Waals surface area contributed by atoms with Crippen LogP contribution in [0.3, 0.4) is 0 Å². The van der Waals surface area contributed by atoms with Gasteiger partial charge in [-0.3, -0.25) is 9.59 Å². The van der Waals surface area contributed by atoms with Gasteiger partial charge in [-0.2, -0.15) is 0 Å². The number of benzene rings is 1. The number of nitrogens with one attached hydrogen (secondary N) is 2. The summed E-state index contributed by atoms with van der Waals surface area (Å²) in [4.78, 5) is 24.0. The molecule has 2 saturated carbocycles. The zero-order valence-electron chi connectivity index (χ0n) is 14.8. The van der Waals surface area contributed by atoms with Gasteiger partial charge < -0.3 is 10.6 Å². The van der Waals surface area contributed by atoms with E-state index < -0.39 is 0 Å². The van der Waals surface area contributed by atoms with Crippen LogP contribution < -0.4 is 10.6 Å². The van der Waals surface area contributed by atoms with Gasteiger partial charge in [-0.25, -0.2) is 0 Å². The Bertz CT molecular complexity index is 651. The van der Waals surface area contributed by atoms with Gasteiger partial charge in [-0.15, -0.1) is 0 Å². The summed E-state index contributed by atoms with van der Waals surface area (Å²) in [6, 6.07) is 9.07. The van der Waals surface area contributed by atoms with Gasteiger partial charge in [-0.05, 0) is 54.6 Å². The van der Waals surface area contributed by atoms with Crippen molar-refractivity contribution in [2.24, 2.45) is 11.8 Å². The van der Waals surface area contributed by atoms with E-state index in [9.17, 15) is 9.59 Å². The van der Waals surface area contributed by atoms with Crippen LogP contribution >= 0.6 is 0 Å². The van der Waals surface area contributed by atoms with Crippen molar-refractivity contribution in [3.8, 4) is 0 Å². The average molecular weight is 340 g/mol. The van der Waals surface area contributed by atoms with Crippen molar-refractivity contribution < 1.29 is 9.59 Å². The number of aryl methyl sites for hydroxylation is 1. The van der Waals surface area contributed by atoms with Crippen LogP contribution in [0.1, 0.15) is 62.0 Å². The molecule has 2 N–H and O–H groups in total. The second kappa shape index (κ2) is 7.19. The molecule has 0 heterocycles. The molecule has 0 radical (unpaired) electrons. The molecule has 4 nitrogen and oxygen atoms in total. The predicted molar refractivity (Wildman–Crippen MR) is 97.1 cm³/mol. The molecule has 4 heteroatoms. The monoisotopic (exact) mass is 340 g/mol. The molecule has 2 fully saturated rings. The standard InChI is InChI=1S/C21H28N2O2/c24-19(11-12-20(25)23-15-6-2-3-7-15)22-13-18-17-10-9-14-5-1-4-8-16(14)21(17)18/h1,4-5,8,15,17-18,21H,2-3,6-7,9-13H2,(H,22,24)(H,23,25)/t17-,18+,21-/m0/s1. The summed E-state index contributed by atoms with van der Waals surface area (Å²) in [6.07, 6.45) is 7.61. The Morgan fingerprint density at radius 2 is 1.76 bits per heavy atom. The van der Waals surface area contributed by atoms with E-state index in [4.69, 9.17) is 0 Å². The van der Waals surface area contributed by atoms with Crippen molar-refractivity contribution in [2.75, 3.05) is 6.54 Å². The molecule has 0 bridgehead atoms. The van der Waals surface area contributed by atoms with Gasteiger partial charge in [0, 0.05) is 25.4 Å². The summed E-state index contributed by atoms with van der Waals surface area (Å²) in [6.45, 7) is 0.757. The second-order valence-electron chi connectivity index (χ2n) is 7.94. The maximum atomic E-state index is 12.1. The molecular formula is C21H28N2O2. The molecule has 1 aromatic carbocycles. The molecule has 0 unspecified atom stereocenters. The minimum Gasteiger partial charge on any atom is -0.356 e. The SMILES string of the molecule is O=C(CCC(=O)NC1CCCC1)NC[C@@H]1[C@@H]2CCc3ccccc3[C@H]12. The molecule has 0 aliphatic heterocycles. The quantitative estimate of drug-likeness (QED) is 0.836. The van der Waals surface area contributed by atoms with Crippen molar-refractivity contribution in [3.05, 3.63) is 35.4 Å². The molecule has 3 atom stereocenters. The van der Waals surface area contributed by atoms with E-state index in [1.54, 1.807) is 0 Å². The van der Waals surface area contributed by atoms with Crippen LogP contribution in [0, 0.1) is 11.8 Å². The van der Waals surface area contributed by atoms with Crippen molar-refractivity contribution in [1.29, 1.82) is 0 Å². The molecule has 134 valence electrons. The highest BCUT2D eigenvalue weighted by molar-refractivity contribution is 5.83. The third-order valence-electron chi connectivity index (χ3n) is 6.33. The maximum Gasteiger partial charge on any atom is 0.220 e. The predicted octanol–water partition coefficient (Wildman–Crippen LogP) is 2.92. The number of hydrogen-bond acceptors (Lipinski definition) is 2. The molecular weight excluding hydrogens is 312 g/mol. The zero-order chi connectivity index (χ0) is 17.2. The van der Waals surface area contributed by atoms with Crippen LogP contribution in [0.5, 0.6) is 0 Å². The lowest BCUT2D eigenvalue weighted by molar-refractivity contribution is -0.126. The molecule has 4 rings (SSSR count). The first-order chi connectivity index (χ1) is 12.2. The maximum absolute atomic E-state index is 12.1. The van der Waals surface area contributed by atoms with Gasteiger partial charge >= 0.3 is 0 Å². The summed E-state index contributed by atoms with van der Waals surface area (Å²) >= 11 is 0. The largest absolute Gasteiger partial charge is 0.356 e.